The normalized spacial score (nSPS) is 10.8. The zero-order valence-electron chi connectivity index (χ0n) is 17.0. The molecule has 3 rings (SSSR count). The molecule has 29 heavy (non-hydrogen) atoms. The average molecular weight is 416 g/mol. The van der Waals surface area contributed by atoms with E-state index in [9.17, 15) is 0 Å². The molecule has 2 aromatic carbocycles. The largest absolute Gasteiger partial charge is 0.493 e. The molecule has 0 atom stereocenters. The van der Waals surface area contributed by atoms with Crippen molar-refractivity contribution in [3.63, 3.8) is 0 Å². The third kappa shape index (κ3) is 5.60. The second-order valence-corrected chi connectivity index (χ2v) is 7.21. The number of hydrogen-bond donors (Lipinski definition) is 1. The first-order valence-electron chi connectivity index (χ1n) is 9.65. The number of hydrogen-bond acceptors (Lipinski definition) is 6. The number of nitrogens with one attached hydrogen (secondary N) is 1. The molecule has 0 bridgehead atoms. The van der Waals surface area contributed by atoms with Gasteiger partial charge in [0.2, 0.25) is 5.95 Å². The Morgan fingerprint density at radius 2 is 2.03 bits per heavy atom. The van der Waals surface area contributed by atoms with E-state index in [2.05, 4.69) is 46.8 Å². The minimum absolute atomic E-state index is 0.443. The van der Waals surface area contributed by atoms with Gasteiger partial charge in [-0.2, -0.15) is 0 Å². The monoisotopic (exact) mass is 415 g/mol. The molecule has 0 unspecified atom stereocenters. The predicted molar refractivity (Wildman–Crippen MR) is 114 cm³/mol. The van der Waals surface area contributed by atoms with E-state index in [1.54, 1.807) is 17.9 Å². The van der Waals surface area contributed by atoms with E-state index in [-0.39, 0.29) is 0 Å². The Kier molecular flexibility index (Phi) is 7.30. The van der Waals surface area contributed by atoms with Gasteiger partial charge in [0, 0.05) is 24.2 Å². The fourth-order valence-corrected chi connectivity index (χ4v) is 3.13. The van der Waals surface area contributed by atoms with Crippen molar-refractivity contribution in [2.75, 3.05) is 12.4 Å². The predicted octanol–water partition coefficient (Wildman–Crippen LogP) is 4.63. The zero-order chi connectivity index (χ0) is 20.6. The molecule has 0 spiro atoms. The van der Waals surface area contributed by atoms with E-state index in [1.165, 1.54) is 5.56 Å². The molecule has 0 aliphatic heterocycles. The molecule has 154 valence electrons. The van der Waals surface area contributed by atoms with Gasteiger partial charge in [-0.15, -0.1) is 0 Å². The summed E-state index contributed by atoms with van der Waals surface area (Å²) in [6, 6.07) is 11.9. The third-order valence-electron chi connectivity index (χ3n) is 4.50. The molecule has 0 saturated heterocycles. The van der Waals surface area contributed by atoms with Gasteiger partial charge in [-0.1, -0.05) is 59.9 Å². The Balaban J connectivity index is 1.68. The van der Waals surface area contributed by atoms with Gasteiger partial charge in [0.15, 0.2) is 11.5 Å². The van der Waals surface area contributed by atoms with Gasteiger partial charge in [-0.3, -0.25) is 0 Å². The number of aromatic nitrogens is 4. The van der Waals surface area contributed by atoms with E-state index >= 15 is 0 Å². The highest BCUT2D eigenvalue weighted by atomic mass is 35.5. The minimum Gasteiger partial charge on any atom is -0.493 e. The second kappa shape index (κ2) is 10.1. The second-order valence-electron chi connectivity index (χ2n) is 6.80. The van der Waals surface area contributed by atoms with Crippen LogP contribution in [0.5, 0.6) is 11.5 Å². The van der Waals surface area contributed by atoms with Crippen molar-refractivity contribution in [2.24, 2.45) is 0 Å². The topological polar surface area (TPSA) is 74.1 Å². The Morgan fingerprint density at radius 1 is 1.17 bits per heavy atom. The Labute approximate surface area is 176 Å². The number of nitrogens with zero attached hydrogens (tertiary/aromatic N) is 4. The van der Waals surface area contributed by atoms with Crippen molar-refractivity contribution in [2.45, 2.75) is 46.4 Å². The number of benzene rings is 2. The van der Waals surface area contributed by atoms with E-state index in [0.29, 0.717) is 35.6 Å². The van der Waals surface area contributed by atoms with Crippen LogP contribution >= 0.6 is 11.6 Å². The summed E-state index contributed by atoms with van der Waals surface area (Å²) in [5, 5.41) is 15.6. The van der Waals surface area contributed by atoms with Crippen LogP contribution in [0.4, 0.5) is 5.95 Å². The van der Waals surface area contributed by atoms with Crippen molar-refractivity contribution in [1.82, 2.24) is 20.2 Å². The summed E-state index contributed by atoms with van der Waals surface area (Å²) in [6.07, 6.45) is 2.09. The molecule has 0 amide bonds. The third-order valence-corrected chi connectivity index (χ3v) is 4.85. The summed E-state index contributed by atoms with van der Waals surface area (Å²) < 4.78 is 13.2. The van der Waals surface area contributed by atoms with Gasteiger partial charge in [-0.05, 0) is 41.0 Å². The molecule has 0 aliphatic rings. The molecule has 0 fully saturated rings. The van der Waals surface area contributed by atoms with E-state index in [0.717, 1.165) is 30.5 Å². The number of methoxy groups -OCH3 is 1. The first-order valence-corrected chi connectivity index (χ1v) is 10.0. The van der Waals surface area contributed by atoms with Crippen molar-refractivity contribution >= 4 is 17.5 Å². The molecule has 7 nitrogen and oxygen atoms in total. The van der Waals surface area contributed by atoms with Crippen LogP contribution in [-0.2, 0) is 19.7 Å². The quantitative estimate of drug-likeness (QED) is 0.520. The lowest BCUT2D eigenvalue weighted by Gasteiger charge is -2.15. The number of halogens is 1. The Morgan fingerprint density at radius 3 is 2.79 bits per heavy atom. The standard InChI is InChI=1S/C21H26ClN5O2/c1-4-5-9-27-21(24-25-26-27)23-13-17-11-19(28-3)20(12-18(17)22)29-14-16-8-6-7-15(2)10-16/h6-8,10-12H,4-5,9,13-14H2,1-3H3,(H,23,24,26). The van der Waals surface area contributed by atoms with Gasteiger partial charge >= 0.3 is 0 Å². The lowest BCUT2D eigenvalue weighted by Crippen LogP contribution is -2.09. The number of tetrazole rings is 1. The maximum atomic E-state index is 6.49. The van der Waals surface area contributed by atoms with Crippen LogP contribution < -0.4 is 14.8 Å². The highest BCUT2D eigenvalue weighted by Crippen LogP contribution is 2.34. The lowest BCUT2D eigenvalue weighted by molar-refractivity contribution is 0.284. The van der Waals surface area contributed by atoms with Crippen molar-refractivity contribution in [1.29, 1.82) is 0 Å². The highest BCUT2D eigenvalue weighted by Gasteiger charge is 2.13. The fraction of sp³-hybridized carbons (Fsp3) is 0.381. The molecule has 0 radical (unpaired) electrons. The smallest absolute Gasteiger partial charge is 0.243 e. The number of rotatable bonds is 10. The van der Waals surface area contributed by atoms with E-state index in [4.69, 9.17) is 21.1 Å². The summed E-state index contributed by atoms with van der Waals surface area (Å²) in [4.78, 5) is 0. The highest BCUT2D eigenvalue weighted by molar-refractivity contribution is 6.31. The van der Waals surface area contributed by atoms with Crippen LogP contribution in [0.15, 0.2) is 36.4 Å². The molecule has 0 aliphatic carbocycles. The molecule has 0 saturated carbocycles. The van der Waals surface area contributed by atoms with Gasteiger partial charge < -0.3 is 14.8 Å². The van der Waals surface area contributed by atoms with Gasteiger partial charge in [0.25, 0.3) is 0 Å². The van der Waals surface area contributed by atoms with Crippen LogP contribution in [-0.4, -0.2) is 27.3 Å². The summed E-state index contributed by atoms with van der Waals surface area (Å²) in [6.45, 7) is 5.88. The van der Waals surface area contributed by atoms with Crippen LogP contribution in [0, 0.1) is 6.92 Å². The lowest BCUT2D eigenvalue weighted by atomic mass is 10.1. The Bertz CT molecular complexity index is 945. The fourth-order valence-electron chi connectivity index (χ4n) is 2.91. The van der Waals surface area contributed by atoms with E-state index < -0.39 is 0 Å². The Hall–Kier alpha value is -2.80. The van der Waals surface area contributed by atoms with Gasteiger partial charge in [0.1, 0.15) is 6.61 Å². The number of anilines is 1. The van der Waals surface area contributed by atoms with Crippen molar-refractivity contribution < 1.29 is 9.47 Å². The molecule has 1 heterocycles. The van der Waals surface area contributed by atoms with Crippen LogP contribution in [0.25, 0.3) is 0 Å². The van der Waals surface area contributed by atoms with Gasteiger partial charge in [0.05, 0.1) is 7.11 Å². The number of aryl methyl sites for hydroxylation is 2. The first-order chi connectivity index (χ1) is 14.1. The molecular weight excluding hydrogens is 390 g/mol. The zero-order valence-corrected chi connectivity index (χ0v) is 17.7. The number of unbranched alkanes of at least 4 members (excludes halogenated alkanes) is 1. The van der Waals surface area contributed by atoms with Crippen LogP contribution in [0.1, 0.15) is 36.5 Å². The van der Waals surface area contributed by atoms with Gasteiger partial charge in [-0.25, -0.2) is 4.68 Å². The molecule has 8 heteroatoms. The van der Waals surface area contributed by atoms with Crippen LogP contribution in [0.3, 0.4) is 0 Å². The summed E-state index contributed by atoms with van der Waals surface area (Å²) >= 11 is 6.49. The van der Waals surface area contributed by atoms with Crippen LogP contribution in [0.2, 0.25) is 5.02 Å². The maximum Gasteiger partial charge on any atom is 0.243 e. The SMILES string of the molecule is CCCCn1nnnc1NCc1cc(OC)c(OCc2cccc(C)c2)cc1Cl. The summed E-state index contributed by atoms with van der Waals surface area (Å²) in [5.74, 6) is 1.85. The summed E-state index contributed by atoms with van der Waals surface area (Å²) in [5.41, 5.74) is 3.16. The molecule has 3 aromatic rings. The average Bonchev–Trinajstić information content (AvgIpc) is 3.17. The summed E-state index contributed by atoms with van der Waals surface area (Å²) in [7, 11) is 1.62. The first kappa shape index (κ1) is 20.9. The van der Waals surface area contributed by atoms with Crippen molar-refractivity contribution in [3.05, 3.63) is 58.1 Å². The van der Waals surface area contributed by atoms with Crippen molar-refractivity contribution in [3.8, 4) is 11.5 Å². The number of ether oxygens (including phenoxy) is 2. The molecule has 1 N–H and O–H groups in total. The molecule has 1 aromatic heterocycles. The maximum absolute atomic E-state index is 6.49. The van der Waals surface area contributed by atoms with E-state index in [1.807, 2.05) is 18.2 Å². The molecular formula is C21H26ClN5O2. The minimum atomic E-state index is 0.443.